The molecule has 0 aliphatic carbocycles. The Morgan fingerprint density at radius 2 is 2.20 bits per heavy atom. The number of aliphatic hydroxyl groups excluding tert-OH is 1. The summed E-state index contributed by atoms with van der Waals surface area (Å²) in [6, 6.07) is 0.328. The molecule has 1 aliphatic heterocycles. The molecule has 0 radical (unpaired) electrons. The van der Waals surface area contributed by atoms with Gasteiger partial charge in [0.05, 0.1) is 6.10 Å². The average molecular weight is 143 g/mol. The lowest BCUT2D eigenvalue weighted by molar-refractivity contribution is 0.0758. The van der Waals surface area contributed by atoms with Crippen LogP contribution in [0.4, 0.5) is 0 Å². The standard InChI is InChI=1S/C8H17NO/c1-6(2)8-7(10)4-3-5-9-8/h6-10H,3-5H2,1-2H3. The van der Waals surface area contributed by atoms with Crippen molar-refractivity contribution < 1.29 is 5.11 Å². The normalized spacial score (nSPS) is 34.8. The van der Waals surface area contributed by atoms with E-state index in [0.717, 1.165) is 19.4 Å². The van der Waals surface area contributed by atoms with Crippen LogP contribution in [0.2, 0.25) is 0 Å². The van der Waals surface area contributed by atoms with Crippen LogP contribution in [-0.2, 0) is 0 Å². The Labute approximate surface area is 62.6 Å². The first-order valence-electron chi connectivity index (χ1n) is 4.13. The first kappa shape index (κ1) is 8.02. The summed E-state index contributed by atoms with van der Waals surface area (Å²) in [6.45, 7) is 5.36. The molecule has 1 fully saturated rings. The van der Waals surface area contributed by atoms with Crippen LogP contribution in [0.15, 0.2) is 0 Å². The predicted molar refractivity (Wildman–Crippen MR) is 41.9 cm³/mol. The van der Waals surface area contributed by atoms with Crippen molar-refractivity contribution >= 4 is 0 Å². The molecule has 2 unspecified atom stereocenters. The third kappa shape index (κ3) is 1.70. The molecule has 0 aromatic carbocycles. The highest BCUT2D eigenvalue weighted by Crippen LogP contribution is 2.14. The van der Waals surface area contributed by atoms with Crippen LogP contribution in [0.3, 0.4) is 0 Å². The molecule has 1 heterocycles. The summed E-state index contributed by atoms with van der Waals surface area (Å²) in [4.78, 5) is 0. The smallest absolute Gasteiger partial charge is 0.0696 e. The summed E-state index contributed by atoms with van der Waals surface area (Å²) < 4.78 is 0. The lowest BCUT2D eigenvalue weighted by atomic mass is 9.92. The van der Waals surface area contributed by atoms with Gasteiger partial charge in [-0.15, -0.1) is 0 Å². The van der Waals surface area contributed by atoms with E-state index in [9.17, 15) is 5.11 Å². The fraction of sp³-hybridized carbons (Fsp3) is 1.00. The van der Waals surface area contributed by atoms with Gasteiger partial charge in [-0.3, -0.25) is 0 Å². The molecule has 0 bridgehead atoms. The monoisotopic (exact) mass is 143 g/mol. The molecule has 0 saturated carbocycles. The maximum absolute atomic E-state index is 9.48. The molecule has 2 heteroatoms. The van der Waals surface area contributed by atoms with Crippen molar-refractivity contribution in [3.8, 4) is 0 Å². The molecule has 0 aromatic heterocycles. The molecule has 60 valence electrons. The van der Waals surface area contributed by atoms with E-state index >= 15 is 0 Å². The molecule has 0 amide bonds. The molecular formula is C8H17NO. The van der Waals surface area contributed by atoms with Gasteiger partial charge in [-0.05, 0) is 25.3 Å². The highest BCUT2D eigenvalue weighted by Gasteiger charge is 2.24. The van der Waals surface area contributed by atoms with Crippen LogP contribution < -0.4 is 5.32 Å². The van der Waals surface area contributed by atoms with Crippen LogP contribution in [-0.4, -0.2) is 23.8 Å². The van der Waals surface area contributed by atoms with E-state index in [0.29, 0.717) is 12.0 Å². The second-order valence-corrected chi connectivity index (χ2v) is 3.43. The van der Waals surface area contributed by atoms with E-state index in [1.165, 1.54) is 0 Å². The van der Waals surface area contributed by atoms with E-state index in [1.54, 1.807) is 0 Å². The van der Waals surface area contributed by atoms with Gasteiger partial charge in [-0.1, -0.05) is 13.8 Å². The van der Waals surface area contributed by atoms with Gasteiger partial charge in [0.15, 0.2) is 0 Å². The largest absolute Gasteiger partial charge is 0.391 e. The van der Waals surface area contributed by atoms with Crippen molar-refractivity contribution in [2.75, 3.05) is 6.54 Å². The predicted octanol–water partition coefficient (Wildman–Crippen LogP) is 0.755. The molecule has 2 atom stereocenters. The highest BCUT2D eigenvalue weighted by molar-refractivity contribution is 4.82. The SMILES string of the molecule is CC(C)C1NCCCC1O. The Bertz CT molecular complexity index is 103. The van der Waals surface area contributed by atoms with Crippen molar-refractivity contribution in [1.29, 1.82) is 0 Å². The number of piperidine rings is 1. The summed E-state index contributed by atoms with van der Waals surface area (Å²) >= 11 is 0. The topological polar surface area (TPSA) is 32.3 Å². The van der Waals surface area contributed by atoms with Crippen molar-refractivity contribution in [2.45, 2.75) is 38.8 Å². The number of rotatable bonds is 1. The number of hydrogen-bond acceptors (Lipinski definition) is 2. The van der Waals surface area contributed by atoms with Gasteiger partial charge in [-0.25, -0.2) is 0 Å². The molecule has 1 aliphatic rings. The van der Waals surface area contributed by atoms with Gasteiger partial charge >= 0.3 is 0 Å². The van der Waals surface area contributed by atoms with Crippen LogP contribution >= 0.6 is 0 Å². The summed E-state index contributed by atoms with van der Waals surface area (Å²) in [5, 5.41) is 12.8. The van der Waals surface area contributed by atoms with E-state index in [4.69, 9.17) is 0 Å². The maximum atomic E-state index is 9.48. The van der Waals surface area contributed by atoms with Crippen LogP contribution in [0.25, 0.3) is 0 Å². The molecule has 0 spiro atoms. The van der Waals surface area contributed by atoms with Gasteiger partial charge in [0.1, 0.15) is 0 Å². The first-order chi connectivity index (χ1) is 4.72. The Balaban J connectivity index is 2.40. The maximum Gasteiger partial charge on any atom is 0.0696 e. The quantitative estimate of drug-likeness (QED) is 0.568. The summed E-state index contributed by atoms with van der Waals surface area (Å²) in [7, 11) is 0. The number of aliphatic hydroxyl groups is 1. The number of nitrogens with one attached hydrogen (secondary N) is 1. The summed E-state index contributed by atoms with van der Waals surface area (Å²) in [5.74, 6) is 0.551. The van der Waals surface area contributed by atoms with Crippen LogP contribution in [0.5, 0.6) is 0 Å². The molecule has 2 N–H and O–H groups in total. The molecule has 10 heavy (non-hydrogen) atoms. The third-order valence-corrected chi connectivity index (χ3v) is 2.19. The lowest BCUT2D eigenvalue weighted by Crippen LogP contribution is -2.47. The second kappa shape index (κ2) is 3.35. The van der Waals surface area contributed by atoms with E-state index in [1.807, 2.05) is 0 Å². The third-order valence-electron chi connectivity index (χ3n) is 2.19. The Hall–Kier alpha value is -0.0800. The zero-order valence-electron chi connectivity index (χ0n) is 6.80. The molecule has 2 nitrogen and oxygen atoms in total. The highest BCUT2D eigenvalue weighted by atomic mass is 16.3. The summed E-state index contributed by atoms with van der Waals surface area (Å²) in [6.07, 6.45) is 1.97. The zero-order valence-corrected chi connectivity index (χ0v) is 6.80. The van der Waals surface area contributed by atoms with Crippen molar-refractivity contribution in [3.63, 3.8) is 0 Å². The minimum absolute atomic E-state index is 0.117. The van der Waals surface area contributed by atoms with E-state index in [2.05, 4.69) is 19.2 Å². The van der Waals surface area contributed by atoms with Gasteiger partial charge in [0.25, 0.3) is 0 Å². The average Bonchev–Trinajstić information content (AvgIpc) is 1.88. The van der Waals surface area contributed by atoms with Crippen LogP contribution in [0, 0.1) is 5.92 Å². The minimum atomic E-state index is -0.117. The van der Waals surface area contributed by atoms with Crippen molar-refractivity contribution in [3.05, 3.63) is 0 Å². The summed E-state index contributed by atoms with van der Waals surface area (Å²) in [5.41, 5.74) is 0. The number of hydrogen-bond donors (Lipinski definition) is 2. The first-order valence-corrected chi connectivity index (χ1v) is 4.13. The lowest BCUT2D eigenvalue weighted by Gasteiger charge is -2.31. The van der Waals surface area contributed by atoms with Gasteiger partial charge in [0.2, 0.25) is 0 Å². The van der Waals surface area contributed by atoms with Crippen molar-refractivity contribution in [2.24, 2.45) is 5.92 Å². The molecule has 1 saturated heterocycles. The molecular weight excluding hydrogens is 126 g/mol. The van der Waals surface area contributed by atoms with Gasteiger partial charge < -0.3 is 10.4 Å². The van der Waals surface area contributed by atoms with E-state index in [-0.39, 0.29) is 6.10 Å². The van der Waals surface area contributed by atoms with Gasteiger partial charge in [-0.2, -0.15) is 0 Å². The second-order valence-electron chi connectivity index (χ2n) is 3.43. The van der Waals surface area contributed by atoms with Crippen LogP contribution in [0.1, 0.15) is 26.7 Å². The fourth-order valence-electron chi connectivity index (χ4n) is 1.58. The Morgan fingerprint density at radius 3 is 2.60 bits per heavy atom. The molecule has 0 aromatic rings. The van der Waals surface area contributed by atoms with Gasteiger partial charge in [0, 0.05) is 6.04 Å². The Kier molecular flexibility index (Phi) is 2.69. The molecule has 1 rings (SSSR count). The Morgan fingerprint density at radius 1 is 1.50 bits per heavy atom. The fourth-order valence-corrected chi connectivity index (χ4v) is 1.58. The van der Waals surface area contributed by atoms with E-state index < -0.39 is 0 Å². The minimum Gasteiger partial charge on any atom is -0.391 e. The zero-order chi connectivity index (χ0) is 7.56. The van der Waals surface area contributed by atoms with Crippen molar-refractivity contribution in [1.82, 2.24) is 5.32 Å².